The first-order valence-corrected chi connectivity index (χ1v) is 22.5. The molecule has 4 unspecified atom stereocenters. The molecule has 0 radical (unpaired) electrons. The lowest BCUT2D eigenvalue weighted by Crippen LogP contribution is -2.42. The Bertz CT molecular complexity index is 2710. The minimum Gasteiger partial charge on any atom is -0.310 e. The minimum atomic E-state index is 0.0588. The summed E-state index contributed by atoms with van der Waals surface area (Å²) in [5, 5.41) is 2.59. The SMILES string of the molecule is CCC1CCC2CCCC(C2)C12c1ccccc1-c1ccc(N(c3ccc(-c4cccc5ccccc45)cc3)c3ccc4c(c3)C3(CCCC3)c3ccccc3-4)cc12. The van der Waals surface area contributed by atoms with Crippen LogP contribution in [0.25, 0.3) is 44.2 Å². The molecule has 4 atom stereocenters. The maximum Gasteiger partial charge on any atom is 0.0465 e. The molecule has 2 spiro atoms. The second-order valence-electron chi connectivity index (χ2n) is 18.5. The van der Waals surface area contributed by atoms with Crippen LogP contribution in [0.2, 0.25) is 0 Å². The third-order valence-corrected chi connectivity index (χ3v) is 16.0. The minimum absolute atomic E-state index is 0.0588. The topological polar surface area (TPSA) is 3.24 Å². The molecule has 5 aliphatic carbocycles. The molecule has 0 N–H and O–H groups in total. The van der Waals surface area contributed by atoms with Crippen molar-refractivity contribution < 1.29 is 0 Å². The Labute approximate surface area is 344 Å². The van der Waals surface area contributed by atoms with E-state index in [1.807, 2.05) is 0 Å². The van der Waals surface area contributed by atoms with Gasteiger partial charge in [0, 0.05) is 27.9 Å². The van der Waals surface area contributed by atoms with Crippen LogP contribution in [0.5, 0.6) is 0 Å². The monoisotopic (exact) mass is 751 g/mol. The predicted molar refractivity (Wildman–Crippen MR) is 243 cm³/mol. The molecule has 0 aliphatic heterocycles. The van der Waals surface area contributed by atoms with Gasteiger partial charge in [0.1, 0.15) is 0 Å². The zero-order chi connectivity index (χ0) is 38.4. The summed E-state index contributed by atoms with van der Waals surface area (Å²) in [4.78, 5) is 2.61. The molecule has 3 saturated carbocycles. The Morgan fingerprint density at radius 1 is 0.500 bits per heavy atom. The molecule has 1 nitrogen and oxygen atoms in total. The quantitative estimate of drug-likeness (QED) is 0.169. The van der Waals surface area contributed by atoms with Gasteiger partial charge in [0.05, 0.1) is 0 Å². The summed E-state index contributed by atoms with van der Waals surface area (Å²) >= 11 is 0. The highest BCUT2D eigenvalue weighted by Gasteiger charge is 2.55. The summed E-state index contributed by atoms with van der Waals surface area (Å²) < 4.78 is 0. The van der Waals surface area contributed by atoms with E-state index in [9.17, 15) is 0 Å². The zero-order valence-electron chi connectivity index (χ0n) is 33.9. The molecule has 7 aromatic rings. The number of benzene rings is 7. The van der Waals surface area contributed by atoms with E-state index in [0.29, 0.717) is 11.8 Å². The zero-order valence-corrected chi connectivity index (χ0v) is 33.9. The van der Waals surface area contributed by atoms with Crippen molar-refractivity contribution in [2.24, 2.45) is 17.8 Å². The second kappa shape index (κ2) is 13.3. The molecule has 58 heavy (non-hydrogen) atoms. The van der Waals surface area contributed by atoms with E-state index in [0.717, 1.165) is 5.92 Å². The number of nitrogens with zero attached hydrogens (tertiary/aromatic N) is 1. The largest absolute Gasteiger partial charge is 0.310 e. The summed E-state index contributed by atoms with van der Waals surface area (Å²) in [5.74, 6) is 2.21. The highest BCUT2D eigenvalue weighted by molar-refractivity contribution is 5.97. The van der Waals surface area contributed by atoms with E-state index < -0.39 is 0 Å². The molecular formula is C57H53N. The van der Waals surface area contributed by atoms with E-state index in [2.05, 4.69) is 163 Å². The van der Waals surface area contributed by atoms with Gasteiger partial charge in [-0.2, -0.15) is 0 Å². The van der Waals surface area contributed by atoms with Crippen molar-refractivity contribution in [3.63, 3.8) is 0 Å². The first kappa shape index (κ1) is 34.6. The van der Waals surface area contributed by atoms with Crippen molar-refractivity contribution in [3.8, 4) is 33.4 Å². The van der Waals surface area contributed by atoms with Crippen molar-refractivity contribution in [1.29, 1.82) is 0 Å². The summed E-state index contributed by atoms with van der Waals surface area (Å²) in [7, 11) is 0. The predicted octanol–water partition coefficient (Wildman–Crippen LogP) is 15.7. The highest BCUT2D eigenvalue weighted by atomic mass is 15.1. The van der Waals surface area contributed by atoms with E-state index >= 15 is 0 Å². The Hall–Kier alpha value is -5.40. The van der Waals surface area contributed by atoms with Crippen molar-refractivity contribution >= 4 is 27.8 Å². The van der Waals surface area contributed by atoms with Crippen LogP contribution in [0.3, 0.4) is 0 Å². The molecule has 3 fully saturated rings. The van der Waals surface area contributed by atoms with Gasteiger partial charge in [-0.15, -0.1) is 0 Å². The van der Waals surface area contributed by atoms with Crippen molar-refractivity contribution in [1.82, 2.24) is 0 Å². The lowest BCUT2D eigenvalue weighted by atomic mass is 9.57. The van der Waals surface area contributed by atoms with Crippen LogP contribution in [0.1, 0.15) is 99.8 Å². The number of rotatable bonds is 5. The van der Waals surface area contributed by atoms with Gasteiger partial charge in [-0.05, 0) is 153 Å². The first-order chi connectivity index (χ1) is 28.7. The Kier molecular flexibility index (Phi) is 7.95. The molecule has 1 heteroatoms. The Balaban J connectivity index is 1.06. The van der Waals surface area contributed by atoms with Crippen molar-refractivity contribution in [2.75, 3.05) is 4.90 Å². The molecule has 5 aliphatic rings. The van der Waals surface area contributed by atoms with Crippen molar-refractivity contribution in [3.05, 3.63) is 174 Å². The van der Waals surface area contributed by atoms with Gasteiger partial charge in [-0.1, -0.05) is 161 Å². The highest BCUT2D eigenvalue weighted by Crippen LogP contribution is 2.64. The molecule has 7 aromatic carbocycles. The van der Waals surface area contributed by atoms with Gasteiger partial charge >= 0.3 is 0 Å². The summed E-state index contributed by atoms with van der Waals surface area (Å²) in [6, 6.07) is 58.9. The van der Waals surface area contributed by atoms with Crippen molar-refractivity contribution in [2.45, 2.75) is 88.4 Å². The smallest absolute Gasteiger partial charge is 0.0465 e. The number of hydrogen-bond donors (Lipinski definition) is 0. The van der Waals surface area contributed by atoms with Gasteiger partial charge in [0.15, 0.2) is 0 Å². The average Bonchev–Trinajstić information content (AvgIpc) is 3.95. The van der Waals surface area contributed by atoms with E-state index in [1.54, 1.807) is 16.7 Å². The lowest BCUT2D eigenvalue weighted by molar-refractivity contribution is 0.171. The summed E-state index contributed by atoms with van der Waals surface area (Å²) in [6.45, 7) is 2.48. The summed E-state index contributed by atoms with van der Waals surface area (Å²) in [5.41, 5.74) is 18.6. The molecule has 0 heterocycles. The normalized spacial score (nSPS) is 23.4. The molecular weight excluding hydrogens is 699 g/mol. The van der Waals surface area contributed by atoms with Gasteiger partial charge in [-0.3, -0.25) is 0 Å². The standard InChI is InChI=1S/C57H53N/c1-2-41-26-23-38-13-11-16-42(35-38)57(41)53-22-8-6-19-49(53)51-32-30-45(37-55(51)57)58(43-27-24-40(25-28-43)47-20-12-15-39-14-3-4-17-46(39)47)44-29-31-50-48-18-5-7-21-52(48)56(54(50)36-44)33-9-10-34-56/h3-8,12,14-15,17-22,24-25,27-32,36-38,41-42H,2,9-11,13,16,23,26,33-35H2,1H3. The van der Waals surface area contributed by atoms with Crippen LogP contribution >= 0.6 is 0 Å². The van der Waals surface area contributed by atoms with E-state index in [4.69, 9.17) is 0 Å². The molecule has 2 bridgehead atoms. The molecule has 0 aromatic heterocycles. The summed E-state index contributed by atoms with van der Waals surface area (Å²) in [6.07, 6.45) is 14.5. The van der Waals surface area contributed by atoms with Gasteiger partial charge < -0.3 is 4.90 Å². The fraction of sp³-hybridized carbons (Fsp3) is 0.298. The lowest BCUT2D eigenvalue weighted by Gasteiger charge is -2.46. The van der Waals surface area contributed by atoms with E-state index in [-0.39, 0.29) is 10.8 Å². The van der Waals surface area contributed by atoms with Crippen LogP contribution < -0.4 is 4.90 Å². The number of hydrogen-bond acceptors (Lipinski definition) is 1. The van der Waals surface area contributed by atoms with E-state index in [1.165, 1.54) is 137 Å². The third-order valence-electron chi connectivity index (χ3n) is 16.0. The average molecular weight is 752 g/mol. The molecule has 12 rings (SSSR count). The first-order valence-electron chi connectivity index (χ1n) is 22.5. The third kappa shape index (κ3) is 4.89. The Morgan fingerprint density at radius 2 is 1.12 bits per heavy atom. The number of anilines is 3. The van der Waals surface area contributed by atoms with Crippen LogP contribution in [-0.2, 0) is 10.8 Å². The fourth-order valence-electron chi connectivity index (χ4n) is 13.7. The molecule has 0 saturated heterocycles. The maximum atomic E-state index is 2.68. The second-order valence-corrected chi connectivity index (χ2v) is 18.5. The van der Waals surface area contributed by atoms with Gasteiger partial charge in [-0.25, -0.2) is 0 Å². The fourth-order valence-corrected chi connectivity index (χ4v) is 13.7. The van der Waals surface area contributed by atoms with Crippen LogP contribution in [0.4, 0.5) is 17.1 Å². The van der Waals surface area contributed by atoms with Crippen LogP contribution in [0.15, 0.2) is 152 Å². The maximum absolute atomic E-state index is 2.68. The molecule has 286 valence electrons. The van der Waals surface area contributed by atoms with Crippen LogP contribution in [-0.4, -0.2) is 0 Å². The van der Waals surface area contributed by atoms with Crippen LogP contribution in [0, 0.1) is 17.8 Å². The van der Waals surface area contributed by atoms with Gasteiger partial charge in [0.25, 0.3) is 0 Å². The molecule has 0 amide bonds. The Morgan fingerprint density at radius 3 is 1.91 bits per heavy atom. The van der Waals surface area contributed by atoms with Gasteiger partial charge in [0.2, 0.25) is 0 Å². The number of fused-ring (bicyclic) bond motifs is 14.